The number of amides is 1. The molecule has 0 spiro atoms. The Morgan fingerprint density at radius 1 is 1.10 bits per heavy atom. The first kappa shape index (κ1) is 29.0. The maximum absolute atomic E-state index is 15.9. The van der Waals surface area contributed by atoms with Crippen LogP contribution < -0.4 is 14.2 Å². The summed E-state index contributed by atoms with van der Waals surface area (Å²) in [6.45, 7) is 7.67. The van der Waals surface area contributed by atoms with Gasteiger partial charge in [0.1, 0.15) is 18.0 Å². The Kier molecular flexibility index (Phi) is 7.61. The van der Waals surface area contributed by atoms with Gasteiger partial charge in [0, 0.05) is 19.7 Å². The molecule has 1 saturated heterocycles. The van der Waals surface area contributed by atoms with Gasteiger partial charge < -0.3 is 24.2 Å². The summed E-state index contributed by atoms with van der Waals surface area (Å²) in [5.41, 5.74) is -3.50. The number of benzene rings is 1. The van der Waals surface area contributed by atoms with E-state index >= 15 is 8.78 Å². The summed E-state index contributed by atoms with van der Waals surface area (Å²) in [4.78, 5) is 19.1. The highest BCUT2D eigenvalue weighted by molar-refractivity contribution is 5.85. The molecule has 2 aliphatic rings. The van der Waals surface area contributed by atoms with E-state index in [2.05, 4.69) is 10.1 Å². The van der Waals surface area contributed by atoms with Gasteiger partial charge in [-0.15, -0.1) is 0 Å². The molecule has 39 heavy (non-hydrogen) atoms. The topological polar surface area (TPSA) is 98.9 Å². The molecule has 2 fully saturated rings. The number of nitrogens with zero attached hydrogens (tertiary/aromatic N) is 4. The lowest BCUT2D eigenvalue weighted by Gasteiger charge is -2.51. The number of carbonyl (C=O) groups excluding carboxylic acids is 1. The lowest BCUT2D eigenvalue weighted by Crippen LogP contribution is -2.62. The fourth-order valence-electron chi connectivity index (χ4n) is 6.71. The second-order valence-corrected chi connectivity index (χ2v) is 12.4. The summed E-state index contributed by atoms with van der Waals surface area (Å²) in [5.74, 6) is -2.95. The summed E-state index contributed by atoms with van der Waals surface area (Å²) in [5, 5.41) is 15.7. The number of carbonyl (C=O) groups is 1. The van der Waals surface area contributed by atoms with E-state index in [1.807, 2.05) is 27.7 Å². The van der Waals surface area contributed by atoms with E-state index in [1.54, 1.807) is 32.4 Å². The Bertz CT molecular complexity index is 1200. The number of aryl methyl sites for hydroxylation is 1. The highest BCUT2D eigenvalue weighted by atomic mass is 19.3. The van der Waals surface area contributed by atoms with Crippen LogP contribution in [-0.2, 0) is 18.4 Å². The van der Waals surface area contributed by atoms with Crippen molar-refractivity contribution in [1.82, 2.24) is 19.7 Å². The lowest BCUT2D eigenvalue weighted by molar-refractivity contribution is -0.231. The highest BCUT2D eigenvalue weighted by Gasteiger charge is 2.65. The molecule has 2 heterocycles. The van der Waals surface area contributed by atoms with Gasteiger partial charge in [-0.2, -0.15) is 13.9 Å². The third kappa shape index (κ3) is 5.69. The first-order valence-electron chi connectivity index (χ1n) is 13.3. The number of alkyl halides is 2. The molecule has 1 atom stereocenters. The molecule has 1 aromatic carbocycles. The summed E-state index contributed by atoms with van der Waals surface area (Å²) in [6.07, 6.45) is 1.38. The van der Waals surface area contributed by atoms with Crippen molar-refractivity contribution in [3.63, 3.8) is 0 Å². The van der Waals surface area contributed by atoms with E-state index in [1.165, 1.54) is 11.8 Å². The van der Waals surface area contributed by atoms with Crippen molar-refractivity contribution in [3.05, 3.63) is 29.8 Å². The molecule has 11 heteroatoms. The van der Waals surface area contributed by atoms with Crippen molar-refractivity contribution >= 4 is 5.91 Å². The Hall–Kier alpha value is -2.95. The van der Waals surface area contributed by atoms with E-state index in [9.17, 15) is 9.90 Å². The van der Waals surface area contributed by atoms with Crippen LogP contribution in [0.15, 0.2) is 18.2 Å². The van der Waals surface area contributed by atoms with E-state index in [4.69, 9.17) is 14.2 Å². The molecule has 216 valence electrons. The van der Waals surface area contributed by atoms with Crippen LogP contribution in [0.5, 0.6) is 17.2 Å². The van der Waals surface area contributed by atoms with Crippen LogP contribution >= 0.6 is 0 Å². The molecular weight excluding hydrogens is 510 g/mol. The van der Waals surface area contributed by atoms with Gasteiger partial charge in [-0.05, 0) is 55.1 Å². The van der Waals surface area contributed by atoms with Gasteiger partial charge >= 0.3 is 5.92 Å². The molecule has 1 N–H and O–H groups in total. The predicted molar refractivity (Wildman–Crippen MR) is 140 cm³/mol. The normalized spacial score (nSPS) is 22.0. The van der Waals surface area contributed by atoms with Crippen LogP contribution in [0.1, 0.15) is 77.5 Å². The highest BCUT2D eigenvalue weighted by Crippen LogP contribution is 2.55. The maximum Gasteiger partial charge on any atom is 0.352 e. The predicted octanol–water partition coefficient (Wildman–Crippen LogP) is 4.68. The van der Waals surface area contributed by atoms with Crippen molar-refractivity contribution in [1.29, 1.82) is 0 Å². The average Bonchev–Trinajstić information content (AvgIpc) is 3.46. The monoisotopic (exact) mass is 550 g/mol. The minimum Gasteiger partial charge on any atom is -0.493 e. The number of ether oxygens (including phenoxy) is 3. The van der Waals surface area contributed by atoms with Gasteiger partial charge in [0.15, 0.2) is 23.1 Å². The zero-order valence-corrected chi connectivity index (χ0v) is 23.9. The van der Waals surface area contributed by atoms with Crippen LogP contribution in [-0.4, -0.2) is 63.0 Å². The summed E-state index contributed by atoms with van der Waals surface area (Å²) in [7, 11) is 4.77. The first-order chi connectivity index (χ1) is 18.1. The molecule has 1 amide bonds. The van der Waals surface area contributed by atoms with Crippen molar-refractivity contribution in [2.45, 2.75) is 84.0 Å². The third-order valence-electron chi connectivity index (χ3n) is 7.76. The van der Waals surface area contributed by atoms with Crippen molar-refractivity contribution in [3.8, 4) is 17.2 Å². The van der Waals surface area contributed by atoms with Gasteiger partial charge in [-0.1, -0.05) is 27.7 Å². The molecule has 1 aromatic heterocycles. The molecule has 1 saturated carbocycles. The number of hydrogen-bond donors (Lipinski definition) is 1. The molecule has 4 rings (SSSR count). The Morgan fingerprint density at radius 3 is 2.36 bits per heavy atom. The zero-order valence-electron chi connectivity index (χ0n) is 23.9. The quantitative estimate of drug-likeness (QED) is 0.510. The van der Waals surface area contributed by atoms with E-state index in [0.717, 1.165) is 4.90 Å². The van der Waals surface area contributed by atoms with E-state index in [0.29, 0.717) is 42.3 Å². The molecule has 1 aliphatic carbocycles. The fourth-order valence-corrected chi connectivity index (χ4v) is 6.71. The largest absolute Gasteiger partial charge is 0.493 e. The van der Waals surface area contributed by atoms with Gasteiger partial charge in [0.05, 0.1) is 20.3 Å². The SMILES string of the molecule is COc1ccc(OCc2nc(C3CCCN3C(=O)C(F)(F)C3(O)CC(C)(C)CC(C)(C)C3)nn2C)cc1OC. The van der Waals surface area contributed by atoms with Crippen LogP contribution in [0, 0.1) is 10.8 Å². The first-order valence-corrected chi connectivity index (χ1v) is 13.3. The minimum atomic E-state index is -3.95. The number of halogens is 2. The van der Waals surface area contributed by atoms with Crippen molar-refractivity contribution in [2.75, 3.05) is 20.8 Å². The summed E-state index contributed by atoms with van der Waals surface area (Å²) >= 11 is 0. The number of aromatic nitrogens is 3. The molecule has 1 unspecified atom stereocenters. The Morgan fingerprint density at radius 2 is 1.74 bits per heavy atom. The van der Waals surface area contributed by atoms with E-state index < -0.39 is 34.3 Å². The van der Waals surface area contributed by atoms with Crippen LogP contribution in [0.3, 0.4) is 0 Å². The van der Waals surface area contributed by atoms with E-state index in [-0.39, 0.29) is 31.8 Å². The number of hydrogen-bond acceptors (Lipinski definition) is 7. The molecule has 0 bridgehead atoms. The Labute approximate surface area is 228 Å². The number of methoxy groups -OCH3 is 2. The van der Waals surface area contributed by atoms with Crippen LogP contribution in [0.2, 0.25) is 0 Å². The fraction of sp³-hybridized carbons (Fsp3) is 0.679. The van der Waals surface area contributed by atoms with Crippen LogP contribution in [0.25, 0.3) is 0 Å². The van der Waals surface area contributed by atoms with Crippen molar-refractivity contribution < 1.29 is 32.9 Å². The smallest absolute Gasteiger partial charge is 0.352 e. The maximum atomic E-state index is 15.9. The van der Waals surface area contributed by atoms with Gasteiger partial charge in [0.2, 0.25) is 0 Å². The van der Waals surface area contributed by atoms with Gasteiger partial charge in [0.25, 0.3) is 5.91 Å². The van der Waals surface area contributed by atoms with Crippen LogP contribution in [0.4, 0.5) is 8.78 Å². The number of aliphatic hydroxyl groups is 1. The molecule has 1 aliphatic heterocycles. The van der Waals surface area contributed by atoms with Crippen molar-refractivity contribution in [2.24, 2.45) is 17.9 Å². The minimum absolute atomic E-state index is 0.0692. The molecule has 0 radical (unpaired) electrons. The number of rotatable bonds is 8. The second-order valence-electron chi connectivity index (χ2n) is 12.4. The summed E-state index contributed by atoms with van der Waals surface area (Å²) in [6, 6.07) is 4.43. The van der Waals surface area contributed by atoms with Gasteiger partial charge in [-0.3, -0.25) is 4.79 Å². The molecular formula is C28H40F2N4O5. The molecule has 2 aromatic rings. The summed E-state index contributed by atoms with van der Waals surface area (Å²) < 4.78 is 49.7. The van der Waals surface area contributed by atoms with Gasteiger partial charge in [-0.25, -0.2) is 9.67 Å². The Balaban J connectivity index is 1.52. The third-order valence-corrected chi connectivity index (χ3v) is 7.76. The second kappa shape index (κ2) is 10.2. The standard InChI is InChI=1S/C28H40F2N4O5/c1-25(2)15-26(3,4)17-27(36,16-25)28(29,30)24(35)34-12-8-9-19(34)23-31-22(33(5)32-23)14-39-18-10-11-20(37-6)21(13-18)38-7/h10-11,13,19,36H,8-9,12,14-17H2,1-7H3. The average molecular weight is 551 g/mol. The zero-order chi connectivity index (χ0) is 28.8. The lowest BCUT2D eigenvalue weighted by atomic mass is 9.58. The molecule has 9 nitrogen and oxygen atoms in total. The number of likely N-dealkylation sites (tertiary alicyclic amines) is 1.